The lowest BCUT2D eigenvalue weighted by Gasteiger charge is -2.08. The average molecular weight is 339 g/mol. The molecule has 0 saturated heterocycles. The van der Waals surface area contributed by atoms with Crippen molar-refractivity contribution in [3.8, 4) is 5.88 Å². The molecule has 1 amide bonds. The standard InChI is InChI=1S/C17H17N5O3/c1-25-17-14(21-12-4-2-3-5-13(12)22-17)6-7-15(23)18-9-11-8-16(24)20-10-19-11/h2-5,8,10H,6-7,9H2,1H3,(H,18,23)(H,19,20,24). The lowest BCUT2D eigenvalue weighted by molar-refractivity contribution is -0.121. The van der Waals surface area contributed by atoms with Gasteiger partial charge in [0.1, 0.15) is 5.69 Å². The van der Waals surface area contributed by atoms with E-state index in [1.165, 1.54) is 19.5 Å². The Hall–Kier alpha value is -3.29. The van der Waals surface area contributed by atoms with Gasteiger partial charge in [-0.25, -0.2) is 15.0 Å². The number of H-pyrrole nitrogens is 1. The highest BCUT2D eigenvalue weighted by atomic mass is 16.5. The van der Waals surface area contributed by atoms with Gasteiger partial charge in [-0.1, -0.05) is 12.1 Å². The Bertz CT molecular complexity index is 954. The van der Waals surface area contributed by atoms with E-state index in [1.807, 2.05) is 24.3 Å². The molecule has 25 heavy (non-hydrogen) atoms. The number of aromatic nitrogens is 4. The Morgan fingerprint density at radius 3 is 2.72 bits per heavy atom. The number of ether oxygens (including phenoxy) is 1. The number of carbonyl (C=O) groups excluding carboxylic acids is 1. The Morgan fingerprint density at radius 1 is 1.24 bits per heavy atom. The lowest BCUT2D eigenvalue weighted by atomic mass is 10.2. The number of hydrogen-bond acceptors (Lipinski definition) is 6. The third kappa shape index (κ3) is 4.17. The van der Waals surface area contributed by atoms with Crippen molar-refractivity contribution >= 4 is 16.9 Å². The molecular weight excluding hydrogens is 322 g/mol. The van der Waals surface area contributed by atoms with Gasteiger partial charge in [0.2, 0.25) is 11.8 Å². The van der Waals surface area contributed by atoms with Crippen LogP contribution < -0.4 is 15.6 Å². The zero-order chi connectivity index (χ0) is 17.6. The van der Waals surface area contributed by atoms with Crippen molar-refractivity contribution in [2.24, 2.45) is 0 Å². The summed E-state index contributed by atoms with van der Waals surface area (Å²) in [5.41, 5.74) is 2.38. The van der Waals surface area contributed by atoms with Crippen molar-refractivity contribution in [1.29, 1.82) is 0 Å². The lowest BCUT2D eigenvalue weighted by Crippen LogP contribution is -2.24. The maximum Gasteiger partial charge on any atom is 0.250 e. The topological polar surface area (TPSA) is 110 Å². The van der Waals surface area contributed by atoms with Crippen LogP contribution in [0.25, 0.3) is 11.0 Å². The molecule has 0 aliphatic heterocycles. The van der Waals surface area contributed by atoms with Crippen LogP contribution in [0.15, 0.2) is 41.5 Å². The van der Waals surface area contributed by atoms with Gasteiger partial charge in [0.25, 0.3) is 5.56 Å². The molecule has 2 N–H and O–H groups in total. The van der Waals surface area contributed by atoms with Crippen LogP contribution in [0.3, 0.4) is 0 Å². The molecule has 0 radical (unpaired) electrons. The maximum absolute atomic E-state index is 12.0. The molecule has 0 aliphatic rings. The van der Waals surface area contributed by atoms with Crippen LogP contribution in [0.1, 0.15) is 17.8 Å². The van der Waals surface area contributed by atoms with Gasteiger partial charge >= 0.3 is 0 Å². The van der Waals surface area contributed by atoms with Crippen molar-refractivity contribution in [3.63, 3.8) is 0 Å². The summed E-state index contributed by atoms with van der Waals surface area (Å²) >= 11 is 0. The first-order chi connectivity index (χ1) is 12.2. The van der Waals surface area contributed by atoms with Crippen LogP contribution in [0, 0.1) is 0 Å². The Kier molecular flexibility index (Phi) is 4.98. The molecule has 0 unspecified atom stereocenters. The number of benzene rings is 1. The van der Waals surface area contributed by atoms with Crippen molar-refractivity contribution in [2.75, 3.05) is 7.11 Å². The van der Waals surface area contributed by atoms with Gasteiger partial charge in [-0.2, -0.15) is 0 Å². The molecular formula is C17H17N5O3. The summed E-state index contributed by atoms with van der Waals surface area (Å²) in [4.78, 5) is 38.5. The first kappa shape index (κ1) is 16.6. The zero-order valence-electron chi connectivity index (χ0n) is 13.7. The van der Waals surface area contributed by atoms with E-state index in [0.717, 1.165) is 11.0 Å². The smallest absolute Gasteiger partial charge is 0.250 e. The van der Waals surface area contributed by atoms with Gasteiger partial charge in [0.05, 0.1) is 36.7 Å². The fourth-order valence-corrected chi connectivity index (χ4v) is 2.36. The number of nitrogens with one attached hydrogen (secondary N) is 2. The van der Waals surface area contributed by atoms with E-state index in [4.69, 9.17) is 4.74 Å². The minimum atomic E-state index is -0.254. The normalized spacial score (nSPS) is 10.6. The van der Waals surface area contributed by atoms with Gasteiger partial charge in [-0.3, -0.25) is 9.59 Å². The van der Waals surface area contributed by atoms with Crippen LogP contribution in [0.2, 0.25) is 0 Å². The molecule has 2 heterocycles. The van der Waals surface area contributed by atoms with Crippen LogP contribution in [-0.2, 0) is 17.8 Å². The quantitative estimate of drug-likeness (QED) is 0.692. The highest BCUT2D eigenvalue weighted by Crippen LogP contribution is 2.19. The molecule has 2 aromatic heterocycles. The Morgan fingerprint density at radius 2 is 2.00 bits per heavy atom. The Balaban J connectivity index is 1.63. The van der Waals surface area contributed by atoms with Gasteiger partial charge in [0.15, 0.2) is 0 Å². The molecule has 0 saturated carbocycles. The first-order valence-electron chi connectivity index (χ1n) is 7.75. The van der Waals surface area contributed by atoms with Crippen molar-refractivity contribution in [3.05, 3.63) is 58.4 Å². The number of nitrogens with zero attached hydrogens (tertiary/aromatic N) is 3. The Labute approximate surface area is 143 Å². The molecule has 1 aromatic carbocycles. The van der Waals surface area contributed by atoms with E-state index in [2.05, 4.69) is 25.3 Å². The summed E-state index contributed by atoms with van der Waals surface area (Å²) in [6, 6.07) is 8.83. The fraction of sp³-hybridized carbons (Fsp3) is 0.235. The number of aryl methyl sites for hydroxylation is 1. The van der Waals surface area contributed by atoms with E-state index >= 15 is 0 Å². The number of fused-ring (bicyclic) bond motifs is 1. The summed E-state index contributed by atoms with van der Waals surface area (Å²) in [5, 5.41) is 2.73. The second-order valence-electron chi connectivity index (χ2n) is 5.35. The summed E-state index contributed by atoms with van der Waals surface area (Å²) in [6.45, 7) is 0.198. The summed E-state index contributed by atoms with van der Waals surface area (Å²) in [6.07, 6.45) is 1.93. The van der Waals surface area contributed by atoms with Crippen molar-refractivity contribution in [1.82, 2.24) is 25.3 Å². The minimum Gasteiger partial charge on any atom is -0.480 e. The molecule has 8 heteroatoms. The molecule has 0 fully saturated rings. The van der Waals surface area contributed by atoms with Crippen LogP contribution >= 0.6 is 0 Å². The van der Waals surface area contributed by atoms with E-state index in [-0.39, 0.29) is 24.4 Å². The molecule has 0 atom stereocenters. The van der Waals surface area contributed by atoms with Gasteiger partial charge in [-0.05, 0) is 12.1 Å². The number of aromatic amines is 1. The predicted molar refractivity (Wildman–Crippen MR) is 91.1 cm³/mol. The number of amides is 1. The summed E-state index contributed by atoms with van der Waals surface area (Å²) < 4.78 is 5.27. The second-order valence-corrected chi connectivity index (χ2v) is 5.35. The molecule has 3 rings (SSSR count). The maximum atomic E-state index is 12.0. The molecule has 0 spiro atoms. The molecule has 0 aliphatic carbocycles. The zero-order valence-corrected chi connectivity index (χ0v) is 13.7. The molecule has 8 nitrogen and oxygen atoms in total. The van der Waals surface area contributed by atoms with E-state index in [9.17, 15) is 9.59 Å². The van der Waals surface area contributed by atoms with E-state index in [0.29, 0.717) is 23.7 Å². The van der Waals surface area contributed by atoms with Gasteiger partial charge < -0.3 is 15.0 Å². The number of rotatable bonds is 6. The van der Waals surface area contributed by atoms with E-state index in [1.54, 1.807) is 0 Å². The first-order valence-corrected chi connectivity index (χ1v) is 7.75. The second kappa shape index (κ2) is 7.52. The monoisotopic (exact) mass is 339 g/mol. The van der Waals surface area contributed by atoms with Crippen molar-refractivity contribution in [2.45, 2.75) is 19.4 Å². The summed E-state index contributed by atoms with van der Waals surface area (Å²) in [7, 11) is 1.53. The SMILES string of the molecule is COc1nc2ccccc2nc1CCC(=O)NCc1cc(=O)[nH]cn1. The van der Waals surface area contributed by atoms with Gasteiger partial charge in [0, 0.05) is 18.9 Å². The fourth-order valence-electron chi connectivity index (χ4n) is 2.36. The van der Waals surface area contributed by atoms with Crippen LogP contribution in [0.4, 0.5) is 0 Å². The minimum absolute atomic E-state index is 0.168. The van der Waals surface area contributed by atoms with E-state index < -0.39 is 0 Å². The van der Waals surface area contributed by atoms with Crippen LogP contribution in [-0.4, -0.2) is 33.0 Å². The highest BCUT2D eigenvalue weighted by Gasteiger charge is 2.11. The highest BCUT2D eigenvalue weighted by molar-refractivity contribution is 5.77. The molecule has 3 aromatic rings. The third-order valence-corrected chi connectivity index (χ3v) is 3.59. The average Bonchev–Trinajstić information content (AvgIpc) is 2.64. The molecule has 128 valence electrons. The number of para-hydroxylation sites is 2. The molecule has 0 bridgehead atoms. The predicted octanol–water partition coefficient (Wildman–Crippen LogP) is 0.971. The number of methoxy groups -OCH3 is 1. The van der Waals surface area contributed by atoms with Gasteiger partial charge in [-0.15, -0.1) is 0 Å². The number of hydrogen-bond donors (Lipinski definition) is 2. The number of carbonyl (C=O) groups is 1. The van der Waals surface area contributed by atoms with Crippen LogP contribution in [0.5, 0.6) is 5.88 Å². The summed E-state index contributed by atoms with van der Waals surface area (Å²) in [5.74, 6) is 0.252. The largest absolute Gasteiger partial charge is 0.480 e. The third-order valence-electron chi connectivity index (χ3n) is 3.59. The van der Waals surface area contributed by atoms with Crippen molar-refractivity contribution < 1.29 is 9.53 Å².